The number of fused-ring (bicyclic) bond motifs is 3. The summed E-state index contributed by atoms with van der Waals surface area (Å²) in [5.41, 5.74) is 5.11. The molecule has 5 rings (SSSR count). The molecule has 1 aliphatic heterocycles. The molecule has 4 aromatic rings. The van der Waals surface area contributed by atoms with Gasteiger partial charge < -0.3 is 9.72 Å². The summed E-state index contributed by atoms with van der Waals surface area (Å²) >= 11 is 3.53. The van der Waals surface area contributed by atoms with Gasteiger partial charge in [0.15, 0.2) is 0 Å². The van der Waals surface area contributed by atoms with E-state index in [0.717, 1.165) is 57.5 Å². The van der Waals surface area contributed by atoms with Crippen LogP contribution in [-0.4, -0.2) is 37.2 Å². The fraction of sp³-hybridized carbons (Fsp3) is 0.278. The number of imidazole rings is 1. The van der Waals surface area contributed by atoms with Gasteiger partial charge in [0.1, 0.15) is 10.3 Å². The van der Waals surface area contributed by atoms with Crippen molar-refractivity contribution in [3.8, 4) is 11.1 Å². The maximum absolute atomic E-state index is 4.65. The largest absolute Gasteiger partial charge is 0.315 e. The number of aryl methyl sites for hydroxylation is 1. The van der Waals surface area contributed by atoms with Crippen LogP contribution in [0.1, 0.15) is 18.2 Å². The van der Waals surface area contributed by atoms with Gasteiger partial charge in [0, 0.05) is 41.6 Å². The minimum Gasteiger partial charge on any atom is -0.315 e. The highest BCUT2D eigenvalue weighted by atomic mass is 79.9. The number of nitrogens with zero attached hydrogens (tertiary/aromatic N) is 5. The number of hydrogen-bond donors (Lipinski definition) is 1. The highest BCUT2D eigenvalue weighted by Crippen LogP contribution is 2.28. The van der Waals surface area contributed by atoms with Crippen LogP contribution in [-0.2, 0) is 0 Å². The summed E-state index contributed by atoms with van der Waals surface area (Å²) in [6.45, 7) is 4.09. The van der Waals surface area contributed by atoms with Crippen molar-refractivity contribution in [2.75, 3.05) is 13.1 Å². The van der Waals surface area contributed by atoms with E-state index in [1.165, 1.54) is 0 Å². The Labute approximate surface area is 153 Å². The summed E-state index contributed by atoms with van der Waals surface area (Å²) in [6.07, 6.45) is 9.10. The molecular formula is C18H17BrN6. The van der Waals surface area contributed by atoms with Crippen LogP contribution in [0.2, 0.25) is 0 Å². The maximum atomic E-state index is 4.65. The van der Waals surface area contributed by atoms with Gasteiger partial charge in [-0.05, 0) is 48.0 Å². The average Bonchev–Trinajstić information content (AvgIpc) is 3.36. The van der Waals surface area contributed by atoms with Crippen LogP contribution in [0, 0.1) is 6.92 Å². The van der Waals surface area contributed by atoms with Crippen LogP contribution in [0.5, 0.6) is 0 Å². The summed E-state index contributed by atoms with van der Waals surface area (Å²) in [7, 11) is 0. The van der Waals surface area contributed by atoms with E-state index in [0.29, 0.717) is 6.04 Å². The molecule has 0 radical (unpaired) electrons. The van der Waals surface area contributed by atoms with Gasteiger partial charge in [0.25, 0.3) is 0 Å². The summed E-state index contributed by atoms with van der Waals surface area (Å²) in [6, 6.07) is 4.63. The van der Waals surface area contributed by atoms with Gasteiger partial charge in [-0.25, -0.2) is 4.98 Å². The van der Waals surface area contributed by atoms with E-state index in [2.05, 4.69) is 57.7 Å². The molecule has 0 aliphatic carbocycles. The highest BCUT2D eigenvalue weighted by Gasteiger charge is 2.18. The molecule has 0 saturated carbocycles. The van der Waals surface area contributed by atoms with Crippen molar-refractivity contribution in [1.29, 1.82) is 0 Å². The number of halogens is 1. The first kappa shape index (κ1) is 15.0. The fourth-order valence-electron chi connectivity index (χ4n) is 3.50. The van der Waals surface area contributed by atoms with E-state index in [9.17, 15) is 0 Å². The van der Waals surface area contributed by atoms with Gasteiger partial charge >= 0.3 is 0 Å². The molecule has 5 heterocycles. The monoisotopic (exact) mass is 396 g/mol. The van der Waals surface area contributed by atoms with Crippen molar-refractivity contribution >= 4 is 32.5 Å². The van der Waals surface area contributed by atoms with Gasteiger partial charge in [-0.2, -0.15) is 5.10 Å². The summed E-state index contributed by atoms with van der Waals surface area (Å²) in [5.74, 6) is 0. The van der Waals surface area contributed by atoms with Gasteiger partial charge in [-0.3, -0.25) is 9.67 Å². The lowest BCUT2D eigenvalue weighted by Gasteiger charge is -2.08. The Bertz CT molecular complexity index is 1090. The highest BCUT2D eigenvalue weighted by molar-refractivity contribution is 9.10. The Morgan fingerprint density at radius 1 is 1.28 bits per heavy atom. The van der Waals surface area contributed by atoms with Crippen LogP contribution < -0.4 is 5.32 Å². The van der Waals surface area contributed by atoms with Crippen LogP contribution in [0.3, 0.4) is 0 Å². The second-order valence-corrected chi connectivity index (χ2v) is 7.26. The molecule has 0 bridgehead atoms. The van der Waals surface area contributed by atoms with Gasteiger partial charge in [-0.15, -0.1) is 0 Å². The summed E-state index contributed by atoms with van der Waals surface area (Å²) in [5, 5.41) is 8.98. The molecule has 0 amide bonds. The molecule has 126 valence electrons. The fourth-order valence-corrected chi connectivity index (χ4v) is 3.86. The van der Waals surface area contributed by atoms with E-state index >= 15 is 0 Å². The Hall–Kier alpha value is -2.25. The number of rotatable bonds is 2. The van der Waals surface area contributed by atoms with E-state index in [4.69, 9.17) is 0 Å². The van der Waals surface area contributed by atoms with E-state index < -0.39 is 0 Å². The Morgan fingerprint density at radius 2 is 2.20 bits per heavy atom. The normalized spacial score (nSPS) is 17.8. The number of hydrogen-bond acceptors (Lipinski definition) is 4. The minimum atomic E-state index is 0.444. The lowest BCUT2D eigenvalue weighted by molar-refractivity contribution is 0.491. The molecule has 25 heavy (non-hydrogen) atoms. The Kier molecular flexibility index (Phi) is 3.39. The first-order valence-corrected chi connectivity index (χ1v) is 9.18. The van der Waals surface area contributed by atoms with Crippen molar-refractivity contribution in [2.24, 2.45) is 0 Å². The second-order valence-electron chi connectivity index (χ2n) is 6.51. The van der Waals surface area contributed by atoms with Crippen molar-refractivity contribution in [2.45, 2.75) is 19.4 Å². The van der Waals surface area contributed by atoms with Crippen molar-refractivity contribution in [1.82, 2.24) is 29.5 Å². The Balaban J connectivity index is 1.64. The van der Waals surface area contributed by atoms with E-state index in [1.54, 1.807) is 0 Å². The number of pyridine rings is 2. The van der Waals surface area contributed by atoms with Gasteiger partial charge in [0.2, 0.25) is 0 Å². The van der Waals surface area contributed by atoms with Gasteiger partial charge in [-0.1, -0.05) is 0 Å². The van der Waals surface area contributed by atoms with Crippen LogP contribution >= 0.6 is 15.9 Å². The van der Waals surface area contributed by atoms with E-state index in [-0.39, 0.29) is 0 Å². The molecule has 1 saturated heterocycles. The second kappa shape index (κ2) is 5.64. The zero-order chi connectivity index (χ0) is 17.0. The molecule has 1 aliphatic rings. The molecule has 6 nitrogen and oxygen atoms in total. The molecule has 1 fully saturated rings. The van der Waals surface area contributed by atoms with Crippen molar-refractivity contribution < 1.29 is 0 Å². The minimum absolute atomic E-state index is 0.444. The summed E-state index contributed by atoms with van der Waals surface area (Å²) in [4.78, 5) is 9.29. The molecule has 1 atom stereocenters. The predicted octanol–water partition coefficient (Wildman–Crippen LogP) is 3.35. The third-order valence-corrected chi connectivity index (χ3v) is 5.73. The first-order valence-electron chi connectivity index (χ1n) is 8.39. The van der Waals surface area contributed by atoms with Crippen LogP contribution in [0.15, 0.2) is 41.5 Å². The average molecular weight is 397 g/mol. The standard InChI is InChI=1S/C18H17BrN6/c1-11-17(19)23-18-15-6-12(7-21-16(15)3-5-24(11)18)13-8-22-25(10-13)14-2-4-20-9-14/h3,5-8,10,14,20H,2,4,9H2,1H3/t14-/m0/s1. The lowest BCUT2D eigenvalue weighted by Crippen LogP contribution is -2.13. The molecular weight excluding hydrogens is 380 g/mol. The molecule has 0 spiro atoms. The van der Waals surface area contributed by atoms with Gasteiger partial charge in [0.05, 0.1) is 23.4 Å². The Morgan fingerprint density at radius 3 is 3.04 bits per heavy atom. The van der Waals surface area contributed by atoms with Crippen LogP contribution in [0.4, 0.5) is 0 Å². The molecule has 7 heteroatoms. The molecule has 1 N–H and O–H groups in total. The number of aromatic nitrogens is 5. The quantitative estimate of drug-likeness (QED) is 0.564. The number of nitrogens with one attached hydrogen (secondary N) is 1. The molecule has 0 aromatic carbocycles. The van der Waals surface area contributed by atoms with Crippen molar-refractivity contribution in [3.63, 3.8) is 0 Å². The first-order chi connectivity index (χ1) is 12.2. The summed E-state index contributed by atoms with van der Waals surface area (Å²) < 4.78 is 5.02. The lowest BCUT2D eigenvalue weighted by atomic mass is 10.1. The topological polar surface area (TPSA) is 60.0 Å². The molecule has 0 unspecified atom stereocenters. The third-order valence-electron chi connectivity index (χ3n) is 4.98. The van der Waals surface area contributed by atoms with Crippen LogP contribution in [0.25, 0.3) is 27.7 Å². The zero-order valence-corrected chi connectivity index (χ0v) is 15.4. The molecule has 4 aromatic heterocycles. The maximum Gasteiger partial charge on any atom is 0.147 e. The third kappa shape index (κ3) is 2.38. The predicted molar refractivity (Wildman–Crippen MR) is 101 cm³/mol. The zero-order valence-electron chi connectivity index (χ0n) is 13.8. The smallest absolute Gasteiger partial charge is 0.147 e. The SMILES string of the molecule is Cc1c(Br)nc2c3cc(-c4cnn([C@H]5CCNC5)c4)cnc3ccn12. The van der Waals surface area contributed by atoms with Crippen molar-refractivity contribution in [3.05, 3.63) is 47.2 Å². The van der Waals surface area contributed by atoms with E-state index in [1.807, 2.05) is 31.6 Å².